The molecule has 1 atom stereocenters. The SMILES string of the molecule is CC[C@@H](C)c1ccc(S(=O)(=O)Nc2ccccc2-n2cnnn2)cc1. The van der Waals surface area contributed by atoms with Gasteiger partial charge in [0.2, 0.25) is 0 Å². The quantitative estimate of drug-likeness (QED) is 0.732. The summed E-state index contributed by atoms with van der Waals surface area (Å²) in [6.07, 6.45) is 2.41. The van der Waals surface area contributed by atoms with Gasteiger partial charge in [-0.3, -0.25) is 4.72 Å². The van der Waals surface area contributed by atoms with Crippen LogP contribution in [0.4, 0.5) is 5.69 Å². The molecule has 1 heterocycles. The molecule has 0 spiro atoms. The number of nitrogens with zero attached hydrogens (tertiary/aromatic N) is 4. The predicted octanol–water partition coefficient (Wildman–Crippen LogP) is 2.98. The van der Waals surface area contributed by atoms with Gasteiger partial charge in [-0.05, 0) is 52.6 Å². The third-order valence-electron chi connectivity index (χ3n) is 4.12. The number of nitrogens with one attached hydrogen (secondary N) is 1. The number of para-hydroxylation sites is 2. The molecule has 0 saturated heterocycles. The molecule has 0 amide bonds. The van der Waals surface area contributed by atoms with Crippen molar-refractivity contribution in [1.29, 1.82) is 0 Å². The fourth-order valence-electron chi connectivity index (χ4n) is 2.45. The standard InChI is InChI=1S/C17H19N5O2S/c1-3-13(2)14-8-10-15(11-9-14)25(23,24)19-16-6-4-5-7-17(16)22-12-18-20-21-22/h4-13,19H,3H2,1-2H3/t13-/m1/s1. The van der Waals surface area contributed by atoms with Crippen molar-refractivity contribution in [3.63, 3.8) is 0 Å². The van der Waals surface area contributed by atoms with Crippen molar-refractivity contribution in [3.8, 4) is 5.69 Å². The summed E-state index contributed by atoms with van der Waals surface area (Å²) in [5.74, 6) is 0.394. The molecule has 3 aromatic rings. The van der Waals surface area contributed by atoms with Gasteiger partial charge in [-0.2, -0.15) is 4.68 Å². The maximum atomic E-state index is 12.7. The highest BCUT2D eigenvalue weighted by Gasteiger charge is 2.17. The van der Waals surface area contributed by atoms with Crippen LogP contribution in [0.25, 0.3) is 5.69 Å². The summed E-state index contributed by atoms with van der Waals surface area (Å²) in [4.78, 5) is 0.214. The molecular weight excluding hydrogens is 338 g/mol. The topological polar surface area (TPSA) is 89.8 Å². The van der Waals surface area contributed by atoms with Crippen LogP contribution in [0.2, 0.25) is 0 Å². The first-order valence-corrected chi connectivity index (χ1v) is 9.44. The summed E-state index contributed by atoms with van der Waals surface area (Å²) in [6.45, 7) is 4.22. The monoisotopic (exact) mass is 357 g/mol. The van der Waals surface area contributed by atoms with Crippen LogP contribution < -0.4 is 4.72 Å². The third-order valence-corrected chi connectivity index (χ3v) is 5.50. The lowest BCUT2D eigenvalue weighted by Gasteiger charge is -2.13. The fraction of sp³-hybridized carbons (Fsp3) is 0.235. The van der Waals surface area contributed by atoms with Crippen LogP contribution in [0.15, 0.2) is 59.8 Å². The number of hydrogen-bond donors (Lipinski definition) is 1. The van der Waals surface area contributed by atoms with E-state index in [2.05, 4.69) is 34.1 Å². The Labute approximate surface area is 146 Å². The molecule has 8 heteroatoms. The lowest BCUT2D eigenvalue weighted by molar-refractivity contribution is 0.601. The highest BCUT2D eigenvalue weighted by Crippen LogP contribution is 2.24. The third kappa shape index (κ3) is 3.69. The molecule has 0 aliphatic heterocycles. The predicted molar refractivity (Wildman–Crippen MR) is 95.1 cm³/mol. The van der Waals surface area contributed by atoms with Crippen molar-refractivity contribution in [1.82, 2.24) is 20.2 Å². The minimum atomic E-state index is -3.71. The average Bonchev–Trinajstić information content (AvgIpc) is 3.16. The highest BCUT2D eigenvalue weighted by molar-refractivity contribution is 7.92. The van der Waals surface area contributed by atoms with E-state index < -0.39 is 10.0 Å². The maximum Gasteiger partial charge on any atom is 0.261 e. The Morgan fingerprint density at radius 2 is 1.84 bits per heavy atom. The van der Waals surface area contributed by atoms with Crippen molar-refractivity contribution in [2.75, 3.05) is 4.72 Å². The summed E-state index contributed by atoms with van der Waals surface area (Å²) in [5, 5.41) is 11.0. The molecule has 7 nitrogen and oxygen atoms in total. The minimum absolute atomic E-state index is 0.214. The summed E-state index contributed by atoms with van der Waals surface area (Å²) in [6, 6.07) is 13.9. The van der Waals surface area contributed by atoms with Gasteiger partial charge in [-0.1, -0.05) is 38.1 Å². The molecule has 0 radical (unpaired) electrons. The zero-order chi connectivity index (χ0) is 17.9. The van der Waals surface area contributed by atoms with E-state index in [4.69, 9.17) is 0 Å². The van der Waals surface area contributed by atoms with Crippen LogP contribution in [-0.2, 0) is 10.0 Å². The number of aromatic nitrogens is 4. The zero-order valence-electron chi connectivity index (χ0n) is 14.0. The normalized spacial score (nSPS) is 12.7. The van der Waals surface area contributed by atoms with Gasteiger partial charge in [0.15, 0.2) is 0 Å². The van der Waals surface area contributed by atoms with E-state index in [1.54, 1.807) is 36.4 Å². The number of anilines is 1. The summed E-state index contributed by atoms with van der Waals surface area (Å²) in [7, 11) is -3.71. The number of tetrazole rings is 1. The number of hydrogen-bond acceptors (Lipinski definition) is 5. The molecule has 0 unspecified atom stereocenters. The smallest absolute Gasteiger partial charge is 0.261 e. The van der Waals surface area contributed by atoms with E-state index in [1.807, 2.05) is 12.1 Å². The second kappa shape index (κ2) is 7.02. The van der Waals surface area contributed by atoms with Gasteiger partial charge >= 0.3 is 0 Å². The molecular formula is C17H19N5O2S. The Morgan fingerprint density at radius 3 is 2.48 bits per heavy atom. The maximum absolute atomic E-state index is 12.7. The van der Waals surface area contributed by atoms with E-state index in [0.29, 0.717) is 17.3 Å². The van der Waals surface area contributed by atoms with E-state index in [-0.39, 0.29) is 4.90 Å². The fourth-order valence-corrected chi connectivity index (χ4v) is 3.52. The van der Waals surface area contributed by atoms with Gasteiger partial charge in [-0.25, -0.2) is 8.42 Å². The number of benzene rings is 2. The molecule has 130 valence electrons. The van der Waals surface area contributed by atoms with E-state index in [1.165, 1.54) is 11.0 Å². The van der Waals surface area contributed by atoms with Gasteiger partial charge in [0.25, 0.3) is 10.0 Å². The molecule has 1 aromatic heterocycles. The second-order valence-corrected chi connectivity index (χ2v) is 7.44. The van der Waals surface area contributed by atoms with Gasteiger partial charge in [0.1, 0.15) is 6.33 Å². The van der Waals surface area contributed by atoms with E-state index in [9.17, 15) is 8.42 Å². The van der Waals surface area contributed by atoms with Crippen LogP contribution in [0, 0.1) is 0 Å². The van der Waals surface area contributed by atoms with Crippen LogP contribution in [-0.4, -0.2) is 28.6 Å². The average molecular weight is 357 g/mol. The van der Waals surface area contributed by atoms with Gasteiger partial charge < -0.3 is 0 Å². The molecule has 3 rings (SSSR count). The first-order valence-electron chi connectivity index (χ1n) is 7.96. The van der Waals surface area contributed by atoms with Crippen molar-refractivity contribution >= 4 is 15.7 Å². The summed E-state index contributed by atoms with van der Waals surface area (Å²) >= 11 is 0. The Morgan fingerprint density at radius 1 is 1.12 bits per heavy atom. The van der Waals surface area contributed by atoms with Crippen LogP contribution >= 0.6 is 0 Å². The van der Waals surface area contributed by atoms with Crippen molar-refractivity contribution in [2.45, 2.75) is 31.1 Å². The second-order valence-electron chi connectivity index (χ2n) is 5.76. The number of sulfonamides is 1. The molecule has 2 aromatic carbocycles. The molecule has 0 aliphatic carbocycles. The molecule has 25 heavy (non-hydrogen) atoms. The zero-order valence-corrected chi connectivity index (χ0v) is 14.8. The highest BCUT2D eigenvalue weighted by atomic mass is 32.2. The lowest BCUT2D eigenvalue weighted by Crippen LogP contribution is -2.15. The Kier molecular flexibility index (Phi) is 4.80. The van der Waals surface area contributed by atoms with E-state index in [0.717, 1.165) is 12.0 Å². The van der Waals surface area contributed by atoms with Crippen LogP contribution in [0.3, 0.4) is 0 Å². The Hall–Kier alpha value is -2.74. The summed E-state index contributed by atoms with van der Waals surface area (Å²) < 4.78 is 29.4. The van der Waals surface area contributed by atoms with Crippen LogP contribution in [0.5, 0.6) is 0 Å². The lowest BCUT2D eigenvalue weighted by atomic mass is 9.99. The first-order chi connectivity index (χ1) is 12.0. The van der Waals surface area contributed by atoms with Crippen molar-refractivity contribution in [3.05, 3.63) is 60.4 Å². The van der Waals surface area contributed by atoms with Gasteiger partial charge in [0.05, 0.1) is 16.3 Å². The van der Waals surface area contributed by atoms with Crippen LogP contribution in [0.1, 0.15) is 31.7 Å². The Balaban J connectivity index is 1.90. The number of rotatable bonds is 6. The minimum Gasteiger partial charge on any atom is -0.277 e. The largest absolute Gasteiger partial charge is 0.277 e. The van der Waals surface area contributed by atoms with E-state index >= 15 is 0 Å². The van der Waals surface area contributed by atoms with Crippen molar-refractivity contribution in [2.24, 2.45) is 0 Å². The molecule has 1 N–H and O–H groups in total. The Bertz CT molecular complexity index is 937. The van der Waals surface area contributed by atoms with Crippen molar-refractivity contribution < 1.29 is 8.42 Å². The van der Waals surface area contributed by atoms with Gasteiger partial charge in [-0.15, -0.1) is 5.10 Å². The first kappa shape index (κ1) is 17.1. The van der Waals surface area contributed by atoms with Gasteiger partial charge in [0, 0.05) is 0 Å². The molecule has 0 saturated carbocycles. The molecule has 0 fully saturated rings. The summed E-state index contributed by atoms with van der Waals surface area (Å²) in [5.41, 5.74) is 2.07. The molecule has 0 aliphatic rings. The molecule has 0 bridgehead atoms.